The Morgan fingerprint density at radius 3 is 2.83 bits per heavy atom. The summed E-state index contributed by atoms with van der Waals surface area (Å²) in [6, 6.07) is 1.65. The molecular formula is C8H9ClN2O. The van der Waals surface area contributed by atoms with E-state index in [1.165, 1.54) is 6.20 Å². The molecule has 1 saturated carbocycles. The van der Waals surface area contributed by atoms with Gasteiger partial charge in [-0.2, -0.15) is 0 Å². The lowest BCUT2D eigenvalue weighted by Crippen LogP contribution is -2.27. The highest BCUT2D eigenvalue weighted by atomic mass is 35.5. The number of H-pyrrole nitrogens is 1. The fourth-order valence-corrected chi connectivity index (χ4v) is 1.39. The number of hydrogen-bond donors (Lipinski definition) is 2. The van der Waals surface area contributed by atoms with Gasteiger partial charge in [0.2, 0.25) is 0 Å². The van der Waals surface area contributed by atoms with Crippen molar-refractivity contribution in [2.75, 3.05) is 0 Å². The Hall–Kier alpha value is -0.800. The third-order valence-electron chi connectivity index (χ3n) is 2.19. The van der Waals surface area contributed by atoms with E-state index < -0.39 is 5.54 Å². The van der Waals surface area contributed by atoms with E-state index in [-0.39, 0.29) is 5.56 Å². The van der Waals surface area contributed by atoms with Gasteiger partial charge >= 0.3 is 0 Å². The normalized spacial score (nSPS) is 19.2. The molecule has 2 rings (SSSR count). The minimum atomic E-state index is -0.404. The summed E-state index contributed by atoms with van der Waals surface area (Å²) in [7, 11) is 0. The maximum Gasteiger partial charge on any atom is 0.253 e. The molecule has 0 spiro atoms. The standard InChI is InChI=1S/C8H9ClN2O/c9-5-3-6(7(12)11-4-5)8(10)1-2-8/h3-4H,1-2,10H2,(H,11,12). The molecular weight excluding hydrogens is 176 g/mol. The molecule has 0 atom stereocenters. The summed E-state index contributed by atoms with van der Waals surface area (Å²) in [5, 5.41) is 0.529. The zero-order valence-electron chi connectivity index (χ0n) is 6.43. The van der Waals surface area contributed by atoms with Crippen LogP contribution < -0.4 is 11.3 Å². The van der Waals surface area contributed by atoms with Crippen molar-refractivity contribution >= 4 is 11.6 Å². The largest absolute Gasteiger partial charge is 0.327 e. The summed E-state index contributed by atoms with van der Waals surface area (Å²) in [6.07, 6.45) is 3.21. The molecule has 1 aromatic rings. The monoisotopic (exact) mass is 184 g/mol. The van der Waals surface area contributed by atoms with Crippen molar-refractivity contribution in [3.8, 4) is 0 Å². The van der Waals surface area contributed by atoms with Gasteiger partial charge in [-0.25, -0.2) is 0 Å². The number of aromatic amines is 1. The molecule has 0 saturated heterocycles. The highest BCUT2D eigenvalue weighted by Crippen LogP contribution is 2.41. The molecule has 0 aliphatic heterocycles. The number of aromatic nitrogens is 1. The average Bonchev–Trinajstić information content (AvgIpc) is 2.75. The molecule has 1 aliphatic rings. The van der Waals surface area contributed by atoms with Crippen LogP contribution in [0.1, 0.15) is 18.4 Å². The van der Waals surface area contributed by atoms with Crippen molar-refractivity contribution in [3.05, 3.63) is 33.2 Å². The van der Waals surface area contributed by atoms with E-state index in [0.29, 0.717) is 10.6 Å². The van der Waals surface area contributed by atoms with Crippen LogP contribution in [0, 0.1) is 0 Å². The summed E-state index contributed by atoms with van der Waals surface area (Å²) in [5.74, 6) is 0. The first-order chi connectivity index (χ1) is 5.62. The van der Waals surface area contributed by atoms with Crippen molar-refractivity contribution in [3.63, 3.8) is 0 Å². The summed E-state index contributed by atoms with van der Waals surface area (Å²) in [4.78, 5) is 13.8. The second-order valence-corrected chi connectivity index (χ2v) is 3.65. The van der Waals surface area contributed by atoms with Crippen molar-refractivity contribution in [2.24, 2.45) is 5.73 Å². The molecule has 0 amide bonds. The Morgan fingerprint density at radius 2 is 2.25 bits per heavy atom. The topological polar surface area (TPSA) is 58.9 Å². The lowest BCUT2D eigenvalue weighted by molar-refractivity contribution is 0.725. The van der Waals surface area contributed by atoms with Gasteiger partial charge in [0, 0.05) is 17.3 Å². The molecule has 64 valence electrons. The van der Waals surface area contributed by atoms with Crippen LogP contribution in [-0.2, 0) is 5.54 Å². The highest BCUT2D eigenvalue weighted by Gasteiger charge is 2.42. The number of halogens is 1. The Labute approximate surface area is 74.5 Å². The molecule has 0 unspecified atom stereocenters. The van der Waals surface area contributed by atoms with Gasteiger partial charge in [-0.05, 0) is 18.9 Å². The number of pyridine rings is 1. The van der Waals surface area contributed by atoms with Gasteiger partial charge in [0.15, 0.2) is 0 Å². The number of nitrogens with one attached hydrogen (secondary N) is 1. The number of hydrogen-bond acceptors (Lipinski definition) is 2. The van der Waals surface area contributed by atoms with E-state index in [9.17, 15) is 4.79 Å². The minimum Gasteiger partial charge on any atom is -0.327 e. The fraction of sp³-hybridized carbons (Fsp3) is 0.375. The quantitative estimate of drug-likeness (QED) is 0.684. The smallest absolute Gasteiger partial charge is 0.253 e. The van der Waals surface area contributed by atoms with E-state index in [0.717, 1.165) is 12.8 Å². The van der Waals surface area contributed by atoms with E-state index in [1.807, 2.05) is 0 Å². The van der Waals surface area contributed by atoms with E-state index in [4.69, 9.17) is 17.3 Å². The Morgan fingerprint density at radius 1 is 1.58 bits per heavy atom. The third-order valence-corrected chi connectivity index (χ3v) is 2.41. The van der Waals surface area contributed by atoms with Crippen molar-refractivity contribution < 1.29 is 0 Å². The Kier molecular flexibility index (Phi) is 1.53. The molecule has 1 aliphatic carbocycles. The molecule has 12 heavy (non-hydrogen) atoms. The summed E-state index contributed by atoms with van der Waals surface area (Å²) >= 11 is 5.72. The Balaban J connectivity index is 2.56. The number of rotatable bonds is 1. The van der Waals surface area contributed by atoms with Gasteiger partial charge in [-0.1, -0.05) is 11.6 Å². The van der Waals surface area contributed by atoms with Crippen molar-refractivity contribution in [2.45, 2.75) is 18.4 Å². The first-order valence-electron chi connectivity index (χ1n) is 3.79. The fourth-order valence-electron chi connectivity index (χ4n) is 1.23. The number of nitrogens with two attached hydrogens (primary N) is 1. The lowest BCUT2D eigenvalue weighted by Gasteiger charge is -2.06. The predicted octanol–water partition coefficient (Wildman–Crippen LogP) is 0.976. The minimum absolute atomic E-state index is 0.126. The molecule has 0 radical (unpaired) electrons. The summed E-state index contributed by atoms with van der Waals surface area (Å²) < 4.78 is 0. The van der Waals surface area contributed by atoms with Crippen molar-refractivity contribution in [1.82, 2.24) is 4.98 Å². The molecule has 3 nitrogen and oxygen atoms in total. The molecule has 3 N–H and O–H groups in total. The molecule has 1 heterocycles. The zero-order valence-corrected chi connectivity index (χ0v) is 7.19. The first kappa shape index (κ1) is 7.83. The summed E-state index contributed by atoms with van der Waals surface area (Å²) in [6.45, 7) is 0. The van der Waals surface area contributed by atoms with Crippen LogP contribution >= 0.6 is 11.6 Å². The van der Waals surface area contributed by atoms with E-state index in [1.54, 1.807) is 6.07 Å². The zero-order chi connectivity index (χ0) is 8.77. The SMILES string of the molecule is NC1(c2cc(Cl)c[nH]c2=O)CC1. The van der Waals surface area contributed by atoms with Crippen LogP contribution in [0.2, 0.25) is 5.02 Å². The molecule has 4 heteroatoms. The Bertz CT molecular complexity index is 368. The van der Waals surface area contributed by atoms with Crippen molar-refractivity contribution in [1.29, 1.82) is 0 Å². The van der Waals surface area contributed by atoms with Gasteiger partial charge in [-0.15, -0.1) is 0 Å². The van der Waals surface area contributed by atoms with Gasteiger partial charge in [0.05, 0.1) is 5.02 Å². The van der Waals surface area contributed by atoms with Gasteiger partial charge in [-0.3, -0.25) is 4.79 Å². The van der Waals surface area contributed by atoms with Gasteiger partial charge < -0.3 is 10.7 Å². The summed E-state index contributed by atoms with van der Waals surface area (Å²) in [5.41, 5.74) is 5.94. The third kappa shape index (κ3) is 1.15. The van der Waals surface area contributed by atoms with E-state index in [2.05, 4.69) is 4.98 Å². The van der Waals surface area contributed by atoms with Crippen LogP contribution in [0.4, 0.5) is 0 Å². The lowest BCUT2D eigenvalue weighted by atomic mass is 10.1. The first-order valence-corrected chi connectivity index (χ1v) is 4.17. The maximum absolute atomic E-state index is 11.3. The second-order valence-electron chi connectivity index (χ2n) is 3.22. The molecule has 1 fully saturated rings. The highest BCUT2D eigenvalue weighted by molar-refractivity contribution is 6.30. The van der Waals surface area contributed by atoms with Gasteiger partial charge in [0.25, 0.3) is 5.56 Å². The maximum atomic E-state index is 11.3. The van der Waals surface area contributed by atoms with Crippen LogP contribution in [0.3, 0.4) is 0 Å². The van der Waals surface area contributed by atoms with Crippen LogP contribution in [0.15, 0.2) is 17.1 Å². The molecule has 1 aromatic heterocycles. The van der Waals surface area contributed by atoms with Crippen LogP contribution in [0.25, 0.3) is 0 Å². The van der Waals surface area contributed by atoms with Gasteiger partial charge in [0.1, 0.15) is 0 Å². The molecule has 0 bridgehead atoms. The predicted molar refractivity (Wildman–Crippen MR) is 47.2 cm³/mol. The molecule has 0 aromatic carbocycles. The average molecular weight is 185 g/mol. The van der Waals surface area contributed by atoms with Crippen LogP contribution in [0.5, 0.6) is 0 Å². The van der Waals surface area contributed by atoms with Crippen LogP contribution in [-0.4, -0.2) is 4.98 Å². The van der Waals surface area contributed by atoms with E-state index >= 15 is 0 Å². The second kappa shape index (κ2) is 2.34.